The maximum Gasteiger partial charge on any atom is 0.252 e. The van der Waals surface area contributed by atoms with Crippen molar-refractivity contribution in [3.8, 4) is 0 Å². The Hall–Kier alpha value is -2.70. The minimum absolute atomic E-state index is 0.0233. The maximum atomic E-state index is 12.1. The lowest BCUT2D eigenvalue weighted by Crippen LogP contribution is -2.23. The van der Waals surface area contributed by atoms with Gasteiger partial charge in [-0.15, -0.1) is 0 Å². The zero-order chi connectivity index (χ0) is 15.0. The van der Waals surface area contributed by atoms with Crippen molar-refractivity contribution < 1.29 is 9.59 Å². The van der Waals surface area contributed by atoms with E-state index in [2.05, 4.69) is 20.7 Å². The van der Waals surface area contributed by atoms with Crippen LogP contribution in [0.4, 0.5) is 11.6 Å². The van der Waals surface area contributed by atoms with Crippen molar-refractivity contribution in [1.82, 2.24) is 14.8 Å². The Bertz CT molecular complexity index is 722. The van der Waals surface area contributed by atoms with Crippen LogP contribution in [-0.2, 0) is 9.59 Å². The number of anilines is 2. The van der Waals surface area contributed by atoms with Crippen molar-refractivity contribution in [2.24, 2.45) is 0 Å². The van der Waals surface area contributed by atoms with Crippen LogP contribution in [0.1, 0.15) is 23.6 Å². The molecule has 0 radical (unpaired) electrons. The number of benzene rings is 1. The average molecular weight is 285 g/mol. The lowest BCUT2D eigenvalue weighted by molar-refractivity contribution is -0.123. The van der Waals surface area contributed by atoms with Gasteiger partial charge in [-0.3, -0.25) is 14.9 Å². The first-order valence-electron chi connectivity index (χ1n) is 6.62. The number of hydrogen-bond acceptors (Lipinski definition) is 4. The number of aryl methyl sites for hydroxylation is 2. The van der Waals surface area contributed by atoms with Crippen LogP contribution in [0.25, 0.3) is 0 Å². The van der Waals surface area contributed by atoms with Gasteiger partial charge in [0.1, 0.15) is 12.4 Å². The number of rotatable bonds is 3. The van der Waals surface area contributed by atoms with Gasteiger partial charge in [-0.25, -0.2) is 4.68 Å². The second kappa shape index (κ2) is 5.01. The van der Waals surface area contributed by atoms with E-state index < -0.39 is 6.04 Å². The summed E-state index contributed by atoms with van der Waals surface area (Å²) in [6.45, 7) is 3.92. The molecular formula is C14H15N5O2. The van der Waals surface area contributed by atoms with Gasteiger partial charge >= 0.3 is 0 Å². The molecule has 21 heavy (non-hydrogen) atoms. The van der Waals surface area contributed by atoms with Crippen LogP contribution in [-0.4, -0.2) is 26.6 Å². The molecule has 2 N–H and O–H groups in total. The van der Waals surface area contributed by atoms with E-state index in [4.69, 9.17) is 0 Å². The average Bonchev–Trinajstić information content (AvgIpc) is 2.96. The highest BCUT2D eigenvalue weighted by atomic mass is 16.2. The fourth-order valence-corrected chi connectivity index (χ4v) is 2.38. The second-order valence-electron chi connectivity index (χ2n) is 5.10. The number of hydrogen-bond donors (Lipinski definition) is 2. The van der Waals surface area contributed by atoms with Gasteiger partial charge in [-0.2, -0.15) is 10.1 Å². The molecule has 1 aromatic carbocycles. The molecule has 1 aliphatic rings. The molecule has 0 spiro atoms. The third kappa shape index (κ3) is 2.49. The molecule has 2 aromatic rings. The summed E-state index contributed by atoms with van der Waals surface area (Å²) in [4.78, 5) is 27.8. The molecule has 1 atom stereocenters. The first-order valence-corrected chi connectivity index (χ1v) is 6.62. The number of carbonyl (C=O) groups excluding carboxylic acids is 2. The summed E-state index contributed by atoms with van der Waals surface area (Å²) < 4.78 is 1.43. The molecule has 0 saturated carbocycles. The zero-order valence-electron chi connectivity index (χ0n) is 11.8. The SMILES string of the molecule is Cc1ccc(NC(=O)C[C@H]2C(=O)Nc3ncnn32)c(C)c1. The number of aromatic nitrogens is 3. The van der Waals surface area contributed by atoms with Crippen molar-refractivity contribution in [3.05, 3.63) is 35.7 Å². The van der Waals surface area contributed by atoms with Crippen LogP contribution < -0.4 is 10.6 Å². The molecule has 0 aliphatic carbocycles. The van der Waals surface area contributed by atoms with E-state index in [0.717, 1.165) is 16.8 Å². The van der Waals surface area contributed by atoms with Crippen molar-refractivity contribution in [2.45, 2.75) is 26.3 Å². The lowest BCUT2D eigenvalue weighted by atomic mass is 10.1. The van der Waals surface area contributed by atoms with Gasteiger partial charge in [-0.1, -0.05) is 17.7 Å². The third-order valence-electron chi connectivity index (χ3n) is 3.44. The molecule has 3 rings (SSSR count). The maximum absolute atomic E-state index is 12.1. The Morgan fingerprint density at radius 2 is 2.24 bits per heavy atom. The normalized spacial score (nSPS) is 16.5. The molecule has 7 heteroatoms. The Morgan fingerprint density at radius 3 is 3.00 bits per heavy atom. The predicted molar refractivity (Wildman–Crippen MR) is 76.9 cm³/mol. The summed E-state index contributed by atoms with van der Waals surface area (Å²) in [7, 11) is 0. The number of nitrogens with one attached hydrogen (secondary N) is 2. The molecule has 0 bridgehead atoms. The van der Waals surface area contributed by atoms with E-state index in [1.807, 2.05) is 32.0 Å². The molecule has 1 aromatic heterocycles. The molecule has 2 heterocycles. The second-order valence-corrected chi connectivity index (χ2v) is 5.10. The van der Waals surface area contributed by atoms with Crippen LogP contribution in [0.15, 0.2) is 24.5 Å². The van der Waals surface area contributed by atoms with E-state index >= 15 is 0 Å². The smallest absolute Gasteiger partial charge is 0.252 e. The number of fused-ring (bicyclic) bond motifs is 1. The first-order chi connectivity index (χ1) is 10.0. The van der Waals surface area contributed by atoms with Crippen molar-refractivity contribution in [2.75, 3.05) is 10.6 Å². The van der Waals surface area contributed by atoms with E-state index in [-0.39, 0.29) is 18.2 Å². The number of amides is 2. The van der Waals surface area contributed by atoms with E-state index in [9.17, 15) is 9.59 Å². The molecule has 1 aliphatic heterocycles. The van der Waals surface area contributed by atoms with Crippen LogP contribution in [0.3, 0.4) is 0 Å². The third-order valence-corrected chi connectivity index (χ3v) is 3.44. The summed E-state index contributed by atoms with van der Waals surface area (Å²) in [6, 6.07) is 5.14. The van der Waals surface area contributed by atoms with Crippen LogP contribution in [0.5, 0.6) is 0 Å². The number of nitrogens with zero attached hydrogens (tertiary/aromatic N) is 3. The largest absolute Gasteiger partial charge is 0.326 e. The van der Waals surface area contributed by atoms with E-state index in [0.29, 0.717) is 5.95 Å². The summed E-state index contributed by atoms with van der Waals surface area (Å²) in [6.07, 6.45) is 1.37. The van der Waals surface area contributed by atoms with Crippen LogP contribution in [0, 0.1) is 13.8 Å². The minimum atomic E-state index is -0.645. The number of carbonyl (C=O) groups is 2. The highest BCUT2D eigenvalue weighted by molar-refractivity contribution is 6.01. The summed E-state index contributed by atoms with van der Waals surface area (Å²) in [5.41, 5.74) is 2.87. The van der Waals surface area contributed by atoms with E-state index in [1.165, 1.54) is 11.0 Å². The molecule has 0 saturated heterocycles. The quantitative estimate of drug-likeness (QED) is 0.892. The van der Waals surface area contributed by atoms with Crippen molar-refractivity contribution in [3.63, 3.8) is 0 Å². The Morgan fingerprint density at radius 1 is 1.43 bits per heavy atom. The summed E-state index contributed by atoms with van der Waals surface area (Å²) in [5.74, 6) is -0.115. The summed E-state index contributed by atoms with van der Waals surface area (Å²) >= 11 is 0. The predicted octanol–water partition coefficient (Wildman–Crippen LogP) is 1.42. The standard InChI is InChI=1S/C14H15N5O2/c1-8-3-4-10(9(2)5-8)17-12(20)6-11-13(21)18-14-15-7-16-19(11)14/h3-5,7,11H,6H2,1-2H3,(H,17,20)(H,15,16,18,21)/t11-/m0/s1. The van der Waals surface area contributed by atoms with Gasteiger partial charge in [-0.05, 0) is 25.5 Å². The van der Waals surface area contributed by atoms with Crippen molar-refractivity contribution >= 4 is 23.5 Å². The topological polar surface area (TPSA) is 88.9 Å². The summed E-state index contributed by atoms with van der Waals surface area (Å²) in [5, 5.41) is 9.37. The minimum Gasteiger partial charge on any atom is -0.326 e. The van der Waals surface area contributed by atoms with Gasteiger partial charge in [0.25, 0.3) is 5.91 Å². The molecule has 7 nitrogen and oxygen atoms in total. The molecule has 2 amide bonds. The fourth-order valence-electron chi connectivity index (χ4n) is 2.38. The van der Waals surface area contributed by atoms with Gasteiger partial charge in [0, 0.05) is 5.69 Å². The van der Waals surface area contributed by atoms with Gasteiger partial charge in [0.15, 0.2) is 0 Å². The lowest BCUT2D eigenvalue weighted by Gasteiger charge is -2.11. The Labute approximate surface area is 121 Å². The monoisotopic (exact) mass is 285 g/mol. The Balaban J connectivity index is 1.71. The molecule has 0 fully saturated rings. The highest BCUT2D eigenvalue weighted by Gasteiger charge is 2.33. The highest BCUT2D eigenvalue weighted by Crippen LogP contribution is 2.24. The van der Waals surface area contributed by atoms with Crippen LogP contribution in [0.2, 0.25) is 0 Å². The van der Waals surface area contributed by atoms with E-state index in [1.54, 1.807) is 0 Å². The van der Waals surface area contributed by atoms with Gasteiger partial charge < -0.3 is 5.32 Å². The molecular weight excluding hydrogens is 270 g/mol. The molecule has 108 valence electrons. The zero-order valence-corrected chi connectivity index (χ0v) is 11.8. The van der Waals surface area contributed by atoms with Gasteiger partial charge in [0.2, 0.25) is 11.9 Å². The molecule has 0 unspecified atom stereocenters. The fraction of sp³-hybridized carbons (Fsp3) is 0.286. The Kier molecular flexibility index (Phi) is 3.17. The first kappa shape index (κ1) is 13.3. The van der Waals surface area contributed by atoms with Crippen molar-refractivity contribution in [1.29, 1.82) is 0 Å². The van der Waals surface area contributed by atoms with Crippen LogP contribution >= 0.6 is 0 Å². The van der Waals surface area contributed by atoms with Gasteiger partial charge in [0.05, 0.1) is 6.42 Å².